The first-order chi connectivity index (χ1) is 11.5. The fourth-order valence-corrected chi connectivity index (χ4v) is 2.39. The molecule has 0 saturated heterocycles. The summed E-state index contributed by atoms with van der Waals surface area (Å²) in [5.74, 6) is 2.83. The molecule has 0 fully saturated rings. The minimum Gasteiger partial charge on any atom is -0.493 e. The molecule has 0 saturated carbocycles. The number of nitrogen functional groups attached to an aromatic ring is 1. The number of hydrogen-bond donors (Lipinski definition) is 2. The lowest BCUT2D eigenvalue weighted by Crippen LogP contribution is -2.09. The molecule has 1 aromatic heterocycles. The van der Waals surface area contributed by atoms with E-state index in [4.69, 9.17) is 31.5 Å². The summed E-state index contributed by atoms with van der Waals surface area (Å²) in [4.78, 5) is 8.48. The van der Waals surface area contributed by atoms with Crippen molar-refractivity contribution in [1.29, 1.82) is 0 Å². The highest BCUT2D eigenvalue weighted by atomic mass is 35.5. The largest absolute Gasteiger partial charge is 0.493 e. The molecule has 0 spiro atoms. The average Bonchev–Trinajstić information content (AvgIpc) is 2.61. The van der Waals surface area contributed by atoms with Gasteiger partial charge in [0.05, 0.1) is 21.3 Å². The Morgan fingerprint density at radius 3 is 2.21 bits per heavy atom. The Kier molecular flexibility index (Phi) is 5.92. The highest BCUT2D eigenvalue weighted by Gasteiger charge is 2.14. The summed E-state index contributed by atoms with van der Waals surface area (Å²) in [6.45, 7) is 2.41. The Balaban J connectivity index is 2.28. The Labute approximate surface area is 146 Å². The van der Waals surface area contributed by atoms with E-state index in [-0.39, 0.29) is 5.15 Å². The Bertz CT molecular complexity index is 700. The normalized spacial score (nSPS) is 10.4. The van der Waals surface area contributed by atoms with Crippen molar-refractivity contribution < 1.29 is 14.2 Å². The smallest absolute Gasteiger partial charge is 0.203 e. The lowest BCUT2D eigenvalue weighted by atomic mass is 10.1. The van der Waals surface area contributed by atoms with Crippen molar-refractivity contribution in [3.8, 4) is 17.2 Å². The molecule has 0 amide bonds. The van der Waals surface area contributed by atoms with Crippen LogP contribution in [0.1, 0.15) is 18.3 Å². The molecule has 0 unspecified atom stereocenters. The van der Waals surface area contributed by atoms with Crippen molar-refractivity contribution in [3.05, 3.63) is 28.7 Å². The second-order valence-electron chi connectivity index (χ2n) is 4.93. The van der Waals surface area contributed by atoms with E-state index in [2.05, 4.69) is 15.3 Å². The molecule has 130 valence electrons. The highest BCUT2D eigenvalue weighted by molar-refractivity contribution is 6.32. The van der Waals surface area contributed by atoms with Crippen LogP contribution in [0.2, 0.25) is 5.15 Å². The van der Waals surface area contributed by atoms with E-state index < -0.39 is 0 Å². The summed E-state index contributed by atoms with van der Waals surface area (Å²) in [7, 11) is 4.71. The van der Waals surface area contributed by atoms with E-state index in [1.165, 1.54) is 0 Å². The Morgan fingerprint density at radius 1 is 1.08 bits per heavy atom. The number of ether oxygens (including phenoxy) is 3. The van der Waals surface area contributed by atoms with Gasteiger partial charge in [-0.15, -0.1) is 0 Å². The SMILES string of the molecule is CCc1nc(Cl)c(N)c(NCc2cc(OC)c(OC)c(OC)c2)n1. The summed E-state index contributed by atoms with van der Waals surface area (Å²) < 4.78 is 16.0. The van der Waals surface area contributed by atoms with Crippen LogP contribution in [0.3, 0.4) is 0 Å². The van der Waals surface area contributed by atoms with Gasteiger partial charge in [0.2, 0.25) is 5.75 Å². The maximum absolute atomic E-state index is 6.04. The van der Waals surface area contributed by atoms with Crippen LogP contribution in [0.25, 0.3) is 0 Å². The van der Waals surface area contributed by atoms with Gasteiger partial charge in [0.25, 0.3) is 0 Å². The third-order valence-electron chi connectivity index (χ3n) is 3.45. The van der Waals surface area contributed by atoms with Crippen LogP contribution in [0.15, 0.2) is 12.1 Å². The van der Waals surface area contributed by atoms with Gasteiger partial charge in [0, 0.05) is 13.0 Å². The number of methoxy groups -OCH3 is 3. The van der Waals surface area contributed by atoms with Crippen LogP contribution >= 0.6 is 11.6 Å². The van der Waals surface area contributed by atoms with Crippen molar-refractivity contribution in [3.63, 3.8) is 0 Å². The quantitative estimate of drug-likeness (QED) is 0.740. The lowest BCUT2D eigenvalue weighted by Gasteiger charge is -2.15. The molecule has 2 rings (SSSR count). The molecular weight excluding hydrogens is 332 g/mol. The summed E-state index contributed by atoms with van der Waals surface area (Å²) in [5, 5.41) is 3.42. The van der Waals surface area contributed by atoms with Crippen LogP contribution in [0.5, 0.6) is 17.2 Å². The van der Waals surface area contributed by atoms with E-state index in [0.29, 0.717) is 47.5 Å². The molecule has 3 N–H and O–H groups in total. The van der Waals surface area contributed by atoms with Gasteiger partial charge in [-0.25, -0.2) is 9.97 Å². The van der Waals surface area contributed by atoms with Gasteiger partial charge >= 0.3 is 0 Å². The van der Waals surface area contributed by atoms with Gasteiger partial charge < -0.3 is 25.3 Å². The van der Waals surface area contributed by atoms with Crippen LogP contribution in [-0.2, 0) is 13.0 Å². The number of anilines is 2. The van der Waals surface area contributed by atoms with Crippen molar-refractivity contribution in [1.82, 2.24) is 9.97 Å². The van der Waals surface area contributed by atoms with Crippen molar-refractivity contribution >= 4 is 23.1 Å². The van der Waals surface area contributed by atoms with Gasteiger partial charge in [0.15, 0.2) is 22.5 Å². The van der Waals surface area contributed by atoms with E-state index >= 15 is 0 Å². The molecule has 0 bridgehead atoms. The van der Waals surface area contributed by atoms with E-state index in [9.17, 15) is 0 Å². The molecule has 0 radical (unpaired) electrons. The topological polar surface area (TPSA) is 91.5 Å². The van der Waals surface area contributed by atoms with Crippen molar-refractivity contribution in [2.24, 2.45) is 0 Å². The maximum atomic E-state index is 6.04. The number of aryl methyl sites for hydroxylation is 1. The van der Waals surface area contributed by atoms with Crippen LogP contribution in [-0.4, -0.2) is 31.3 Å². The number of benzene rings is 1. The standard InChI is InChI=1S/C16H21ClN4O3/c1-5-12-20-15(17)13(18)16(21-12)19-8-9-6-10(22-2)14(24-4)11(7-9)23-3/h6-7H,5,8,18H2,1-4H3,(H,19,20,21). The zero-order valence-corrected chi connectivity index (χ0v) is 14.9. The summed E-state index contributed by atoms with van der Waals surface area (Å²) in [6, 6.07) is 3.71. The second-order valence-corrected chi connectivity index (χ2v) is 5.29. The van der Waals surface area contributed by atoms with Gasteiger partial charge in [0.1, 0.15) is 11.5 Å². The highest BCUT2D eigenvalue weighted by Crippen LogP contribution is 2.38. The monoisotopic (exact) mass is 352 g/mol. The molecular formula is C16H21ClN4O3. The number of hydrogen-bond acceptors (Lipinski definition) is 7. The first-order valence-corrected chi connectivity index (χ1v) is 7.76. The number of aromatic nitrogens is 2. The van der Waals surface area contributed by atoms with Gasteiger partial charge in [-0.3, -0.25) is 0 Å². The predicted octanol–water partition coefficient (Wildman–Crippen LogP) is 2.91. The molecule has 8 heteroatoms. The number of halogens is 1. The average molecular weight is 353 g/mol. The van der Waals surface area contributed by atoms with Crippen LogP contribution < -0.4 is 25.3 Å². The van der Waals surface area contributed by atoms with Crippen molar-refractivity contribution in [2.75, 3.05) is 32.4 Å². The number of nitrogens with two attached hydrogens (primary N) is 1. The molecule has 0 aliphatic heterocycles. The second kappa shape index (κ2) is 7.92. The fraction of sp³-hybridized carbons (Fsp3) is 0.375. The molecule has 2 aromatic rings. The van der Waals surface area contributed by atoms with Gasteiger partial charge in [-0.1, -0.05) is 18.5 Å². The minimum atomic E-state index is 0.245. The summed E-state index contributed by atoms with van der Waals surface area (Å²) in [5.41, 5.74) is 7.17. The first-order valence-electron chi connectivity index (χ1n) is 7.38. The Morgan fingerprint density at radius 2 is 1.71 bits per heavy atom. The van der Waals surface area contributed by atoms with Gasteiger partial charge in [-0.05, 0) is 17.7 Å². The Hall–Kier alpha value is -2.41. The molecule has 24 heavy (non-hydrogen) atoms. The molecule has 7 nitrogen and oxygen atoms in total. The van der Waals surface area contributed by atoms with Gasteiger partial charge in [-0.2, -0.15) is 0 Å². The molecule has 0 aliphatic carbocycles. The maximum Gasteiger partial charge on any atom is 0.203 e. The van der Waals surface area contributed by atoms with Crippen LogP contribution in [0.4, 0.5) is 11.5 Å². The number of nitrogens with one attached hydrogen (secondary N) is 1. The van der Waals surface area contributed by atoms with E-state index in [1.807, 2.05) is 19.1 Å². The lowest BCUT2D eigenvalue weighted by molar-refractivity contribution is 0.324. The molecule has 0 atom stereocenters. The number of nitrogens with zero attached hydrogens (tertiary/aromatic N) is 2. The predicted molar refractivity (Wildman–Crippen MR) is 94.3 cm³/mol. The van der Waals surface area contributed by atoms with E-state index in [0.717, 1.165) is 5.56 Å². The van der Waals surface area contributed by atoms with Crippen LogP contribution in [0, 0.1) is 0 Å². The zero-order valence-electron chi connectivity index (χ0n) is 14.1. The zero-order chi connectivity index (χ0) is 17.7. The molecule has 1 aromatic carbocycles. The molecule has 1 heterocycles. The third-order valence-corrected chi connectivity index (χ3v) is 3.73. The summed E-state index contributed by atoms with van der Waals surface area (Å²) in [6.07, 6.45) is 0.666. The third kappa shape index (κ3) is 3.73. The van der Waals surface area contributed by atoms with E-state index in [1.54, 1.807) is 21.3 Å². The number of rotatable bonds is 7. The fourth-order valence-electron chi connectivity index (χ4n) is 2.20. The molecule has 0 aliphatic rings. The summed E-state index contributed by atoms with van der Waals surface area (Å²) >= 11 is 6.04. The first kappa shape index (κ1) is 17.9. The van der Waals surface area contributed by atoms with Crippen molar-refractivity contribution in [2.45, 2.75) is 19.9 Å². The minimum absolute atomic E-state index is 0.245.